The topological polar surface area (TPSA) is 53.0 Å². The molecule has 0 atom stereocenters. The maximum Gasteiger partial charge on any atom is 0.416 e. The molecule has 1 fully saturated rings. The fourth-order valence-corrected chi connectivity index (χ4v) is 3.37. The number of ether oxygens (including phenoxy) is 1. The third-order valence-electron chi connectivity index (χ3n) is 4.89. The van der Waals surface area contributed by atoms with E-state index in [4.69, 9.17) is 9.84 Å². The summed E-state index contributed by atoms with van der Waals surface area (Å²) >= 11 is 0. The van der Waals surface area contributed by atoms with Crippen LogP contribution in [0, 0.1) is 5.92 Å². The highest BCUT2D eigenvalue weighted by atomic mass is 19.4. The van der Waals surface area contributed by atoms with Crippen LogP contribution in [0.2, 0.25) is 0 Å². The number of fused-ring (bicyclic) bond motifs is 1. The van der Waals surface area contributed by atoms with Crippen molar-refractivity contribution >= 4 is 23.0 Å². The van der Waals surface area contributed by atoms with Gasteiger partial charge in [0.15, 0.2) is 0 Å². The zero-order chi connectivity index (χ0) is 19.2. The molecule has 0 bridgehead atoms. The molecule has 0 aromatic heterocycles. The van der Waals surface area contributed by atoms with Gasteiger partial charge in [-0.2, -0.15) is 13.2 Å². The van der Waals surface area contributed by atoms with E-state index in [9.17, 15) is 18.0 Å². The second-order valence-corrected chi connectivity index (χ2v) is 6.64. The van der Waals surface area contributed by atoms with Crippen molar-refractivity contribution in [3.8, 4) is 5.75 Å². The van der Waals surface area contributed by atoms with Gasteiger partial charge in [-0.15, -0.1) is 0 Å². The maximum atomic E-state index is 12.9. The Kier molecular flexibility index (Phi) is 4.13. The van der Waals surface area contributed by atoms with E-state index in [0.29, 0.717) is 25.3 Å². The van der Waals surface area contributed by atoms with E-state index in [2.05, 4.69) is 0 Å². The van der Waals surface area contributed by atoms with Crippen molar-refractivity contribution in [1.29, 1.82) is 0 Å². The molecule has 142 valence electrons. The lowest BCUT2D eigenvalue weighted by molar-refractivity contribution is -0.142. The molecule has 0 aliphatic carbocycles. The Hall–Kier alpha value is -2.90. The zero-order valence-electron chi connectivity index (χ0n) is 14.2. The van der Waals surface area contributed by atoms with Gasteiger partial charge in [0.05, 0.1) is 23.7 Å². The lowest BCUT2D eigenvalue weighted by Crippen LogP contribution is -2.50. The summed E-state index contributed by atoms with van der Waals surface area (Å²) < 4.78 is 44.3. The van der Waals surface area contributed by atoms with Gasteiger partial charge < -0.3 is 19.6 Å². The summed E-state index contributed by atoms with van der Waals surface area (Å²) in [6, 6.07) is 11.1. The molecule has 2 aromatic rings. The van der Waals surface area contributed by atoms with Crippen molar-refractivity contribution in [2.24, 2.45) is 5.92 Å². The number of carboxylic acids is 1. The number of rotatable bonds is 3. The van der Waals surface area contributed by atoms with Crippen LogP contribution in [0.3, 0.4) is 0 Å². The van der Waals surface area contributed by atoms with Crippen LogP contribution in [0.5, 0.6) is 5.75 Å². The summed E-state index contributed by atoms with van der Waals surface area (Å²) in [6.45, 7) is 1.70. The van der Waals surface area contributed by atoms with Gasteiger partial charge in [-0.3, -0.25) is 4.79 Å². The first-order chi connectivity index (χ1) is 12.8. The van der Waals surface area contributed by atoms with E-state index in [1.807, 2.05) is 34.1 Å². The first-order valence-corrected chi connectivity index (χ1v) is 8.52. The molecule has 2 aliphatic rings. The van der Waals surface area contributed by atoms with Crippen molar-refractivity contribution in [3.05, 3.63) is 48.0 Å². The van der Waals surface area contributed by atoms with Crippen LogP contribution in [-0.2, 0) is 11.0 Å². The molecule has 0 amide bonds. The van der Waals surface area contributed by atoms with Gasteiger partial charge >= 0.3 is 12.1 Å². The van der Waals surface area contributed by atoms with Gasteiger partial charge in [-0.05, 0) is 36.4 Å². The first-order valence-electron chi connectivity index (χ1n) is 8.52. The van der Waals surface area contributed by atoms with Crippen LogP contribution >= 0.6 is 0 Å². The lowest BCUT2D eigenvalue weighted by Gasteiger charge is -2.39. The van der Waals surface area contributed by atoms with Crippen molar-refractivity contribution in [3.63, 3.8) is 0 Å². The summed E-state index contributed by atoms with van der Waals surface area (Å²) in [4.78, 5) is 14.9. The summed E-state index contributed by atoms with van der Waals surface area (Å²) in [7, 11) is 0. The predicted molar refractivity (Wildman–Crippen MR) is 93.7 cm³/mol. The molecule has 2 aromatic carbocycles. The number of hydrogen-bond acceptors (Lipinski definition) is 4. The lowest BCUT2D eigenvalue weighted by atomic mass is 9.99. The second-order valence-electron chi connectivity index (χ2n) is 6.64. The molecule has 0 spiro atoms. The van der Waals surface area contributed by atoms with Crippen LogP contribution in [0.4, 0.5) is 30.2 Å². The van der Waals surface area contributed by atoms with Crippen molar-refractivity contribution in [1.82, 2.24) is 0 Å². The molecule has 1 N–H and O–H groups in total. The molecular formula is C19H17F3N2O3. The van der Waals surface area contributed by atoms with E-state index in [1.165, 1.54) is 6.07 Å². The molecule has 0 unspecified atom stereocenters. The third-order valence-corrected chi connectivity index (χ3v) is 4.89. The van der Waals surface area contributed by atoms with Crippen LogP contribution in [0.15, 0.2) is 42.5 Å². The highest BCUT2D eigenvalue weighted by Crippen LogP contribution is 2.41. The van der Waals surface area contributed by atoms with E-state index >= 15 is 0 Å². The van der Waals surface area contributed by atoms with Crippen LogP contribution in [0.1, 0.15) is 5.56 Å². The SMILES string of the molecule is O=C(O)C1CN(c2cccc(N3CCOc4cc(C(F)(F)F)ccc43)c2)C1. The molecule has 27 heavy (non-hydrogen) atoms. The Morgan fingerprint density at radius 2 is 1.85 bits per heavy atom. The molecule has 1 saturated heterocycles. The average Bonchev–Trinajstić information content (AvgIpc) is 2.58. The van der Waals surface area contributed by atoms with E-state index in [0.717, 1.165) is 23.5 Å². The average molecular weight is 378 g/mol. The summed E-state index contributed by atoms with van der Waals surface area (Å²) in [5, 5.41) is 9.02. The minimum Gasteiger partial charge on any atom is -0.490 e. The normalized spacial score (nSPS) is 17.1. The third kappa shape index (κ3) is 3.27. The minimum atomic E-state index is -4.42. The molecule has 0 saturated carbocycles. The van der Waals surface area contributed by atoms with E-state index in [1.54, 1.807) is 0 Å². The minimum absolute atomic E-state index is 0.205. The van der Waals surface area contributed by atoms with Crippen LogP contribution in [0.25, 0.3) is 0 Å². The van der Waals surface area contributed by atoms with Crippen molar-refractivity contribution < 1.29 is 27.8 Å². The fourth-order valence-electron chi connectivity index (χ4n) is 3.37. The van der Waals surface area contributed by atoms with Gasteiger partial charge in [-0.1, -0.05) is 6.07 Å². The first kappa shape index (κ1) is 17.5. The van der Waals surface area contributed by atoms with Gasteiger partial charge in [-0.25, -0.2) is 0 Å². The predicted octanol–water partition coefficient (Wildman–Crippen LogP) is 3.76. The molecule has 0 radical (unpaired) electrons. The summed E-state index contributed by atoms with van der Waals surface area (Å²) in [5.41, 5.74) is 1.57. The molecular weight excluding hydrogens is 361 g/mol. The Morgan fingerprint density at radius 3 is 2.56 bits per heavy atom. The van der Waals surface area contributed by atoms with Crippen LogP contribution in [-0.4, -0.2) is 37.3 Å². The number of alkyl halides is 3. The monoisotopic (exact) mass is 378 g/mol. The number of carbonyl (C=O) groups is 1. The smallest absolute Gasteiger partial charge is 0.416 e. The number of benzene rings is 2. The number of carboxylic acid groups (broad SMARTS) is 1. The van der Waals surface area contributed by atoms with Gasteiger partial charge in [0.2, 0.25) is 0 Å². The highest BCUT2D eigenvalue weighted by Gasteiger charge is 2.34. The summed E-state index contributed by atoms with van der Waals surface area (Å²) in [5.74, 6) is -0.958. The summed E-state index contributed by atoms with van der Waals surface area (Å²) in [6.07, 6.45) is -4.42. The van der Waals surface area contributed by atoms with Crippen molar-refractivity contribution in [2.75, 3.05) is 36.0 Å². The standard InChI is InChI=1S/C19H17F3N2O3/c20-19(21,22)13-4-5-16-17(8-13)27-7-6-24(16)15-3-1-2-14(9-15)23-10-12(11-23)18(25)26/h1-5,8-9,12H,6-7,10-11H2,(H,25,26). The van der Waals surface area contributed by atoms with Crippen LogP contribution < -0.4 is 14.5 Å². The Labute approximate surface area is 153 Å². The number of nitrogens with zero attached hydrogens (tertiary/aromatic N) is 2. The van der Waals surface area contributed by atoms with E-state index in [-0.39, 0.29) is 18.3 Å². The molecule has 5 nitrogen and oxygen atoms in total. The Balaban J connectivity index is 1.60. The number of aliphatic carboxylic acids is 1. The molecule has 4 rings (SSSR count). The number of hydrogen-bond donors (Lipinski definition) is 1. The Morgan fingerprint density at radius 1 is 1.11 bits per heavy atom. The quantitative estimate of drug-likeness (QED) is 0.882. The number of halogens is 3. The second kappa shape index (κ2) is 6.37. The fraction of sp³-hybridized carbons (Fsp3) is 0.316. The largest absolute Gasteiger partial charge is 0.490 e. The van der Waals surface area contributed by atoms with E-state index < -0.39 is 17.7 Å². The van der Waals surface area contributed by atoms with Gasteiger partial charge in [0.25, 0.3) is 0 Å². The zero-order valence-corrected chi connectivity index (χ0v) is 14.2. The highest BCUT2D eigenvalue weighted by molar-refractivity contribution is 5.76. The molecule has 2 aliphatic heterocycles. The van der Waals surface area contributed by atoms with Gasteiger partial charge in [0, 0.05) is 24.5 Å². The maximum absolute atomic E-state index is 12.9. The molecule has 8 heteroatoms. The van der Waals surface area contributed by atoms with Crippen molar-refractivity contribution in [2.45, 2.75) is 6.18 Å². The molecule has 2 heterocycles. The Bertz CT molecular complexity index is 879. The van der Waals surface area contributed by atoms with Gasteiger partial charge in [0.1, 0.15) is 12.4 Å². The number of anilines is 3.